The highest BCUT2D eigenvalue weighted by molar-refractivity contribution is 5.94. The molecule has 8 rings (SSSR count). The summed E-state index contributed by atoms with van der Waals surface area (Å²) in [7, 11) is 0. The van der Waals surface area contributed by atoms with Gasteiger partial charge >= 0.3 is 0 Å². The third kappa shape index (κ3) is 10.6. The predicted octanol–water partition coefficient (Wildman–Crippen LogP) is 7.61. The Labute approximate surface area is 369 Å². The summed E-state index contributed by atoms with van der Waals surface area (Å²) in [5, 5.41) is 18.7. The maximum atomic E-state index is 13.3. The zero-order valence-electron chi connectivity index (χ0n) is 35.7. The molecule has 0 bridgehead atoms. The Hall–Kier alpha value is -6.05. The summed E-state index contributed by atoms with van der Waals surface area (Å²) in [5.41, 5.74) is 13.4. The van der Waals surface area contributed by atoms with E-state index in [-0.39, 0.29) is 36.5 Å². The Morgan fingerprint density at radius 3 is 2.21 bits per heavy atom. The summed E-state index contributed by atoms with van der Waals surface area (Å²) in [6.45, 7) is 3.17. The van der Waals surface area contributed by atoms with E-state index in [4.69, 9.17) is 15.2 Å². The van der Waals surface area contributed by atoms with Crippen LogP contribution in [-0.4, -0.2) is 65.7 Å². The van der Waals surface area contributed by atoms with E-state index in [1.165, 1.54) is 0 Å². The number of benzene rings is 5. The fourth-order valence-corrected chi connectivity index (χ4v) is 9.09. The number of aliphatic hydroxyl groups excluding tert-OH is 1. The van der Waals surface area contributed by atoms with Gasteiger partial charge in [-0.2, -0.15) is 0 Å². The van der Waals surface area contributed by atoms with Crippen molar-refractivity contribution in [1.29, 1.82) is 0 Å². The number of para-hydroxylation sites is 3. The highest BCUT2D eigenvalue weighted by Gasteiger charge is 2.50. The predicted molar refractivity (Wildman–Crippen MR) is 245 cm³/mol. The maximum absolute atomic E-state index is 13.3. The largest absolute Gasteiger partial charge is 0.397 e. The molecule has 6 N–H and O–H groups in total. The number of nitrogens with two attached hydrogens (primary N) is 1. The van der Waals surface area contributed by atoms with Gasteiger partial charge in [0, 0.05) is 56.7 Å². The van der Waals surface area contributed by atoms with Gasteiger partial charge in [-0.25, -0.2) is 0 Å². The van der Waals surface area contributed by atoms with Crippen LogP contribution in [0.1, 0.15) is 86.0 Å². The first-order valence-corrected chi connectivity index (χ1v) is 22.2. The van der Waals surface area contributed by atoms with Gasteiger partial charge in [-0.15, -0.1) is 0 Å². The molecule has 12 nitrogen and oxygen atoms in total. The number of amides is 3. The first-order valence-electron chi connectivity index (χ1n) is 22.2. The van der Waals surface area contributed by atoms with Crippen LogP contribution in [0.2, 0.25) is 0 Å². The van der Waals surface area contributed by atoms with E-state index in [0.29, 0.717) is 63.2 Å². The van der Waals surface area contributed by atoms with Crippen LogP contribution in [0, 0.1) is 0 Å². The molecule has 0 saturated carbocycles. The molecule has 0 aliphatic carbocycles. The van der Waals surface area contributed by atoms with Crippen LogP contribution in [0.4, 0.5) is 17.1 Å². The van der Waals surface area contributed by atoms with Crippen LogP contribution in [0.25, 0.3) is 11.1 Å². The molecule has 3 saturated heterocycles. The van der Waals surface area contributed by atoms with Crippen LogP contribution < -0.4 is 26.6 Å². The van der Waals surface area contributed by atoms with Crippen molar-refractivity contribution in [1.82, 2.24) is 15.5 Å². The van der Waals surface area contributed by atoms with Crippen molar-refractivity contribution in [3.05, 3.63) is 150 Å². The van der Waals surface area contributed by atoms with E-state index in [0.717, 1.165) is 71.4 Å². The first kappa shape index (κ1) is 43.6. The molecular weight excluding hydrogens is 793 g/mol. The van der Waals surface area contributed by atoms with Gasteiger partial charge in [0.15, 0.2) is 6.29 Å². The molecule has 0 radical (unpaired) electrons. The topological polar surface area (TPSA) is 158 Å². The van der Waals surface area contributed by atoms with Gasteiger partial charge < -0.3 is 46.1 Å². The Balaban J connectivity index is 0.870. The fourth-order valence-electron chi connectivity index (χ4n) is 9.09. The van der Waals surface area contributed by atoms with Crippen molar-refractivity contribution in [2.24, 2.45) is 0 Å². The normalized spacial score (nSPS) is 19.7. The first-order chi connectivity index (χ1) is 30.8. The second kappa shape index (κ2) is 20.4. The molecule has 5 aromatic carbocycles. The number of likely N-dealkylation sites (tertiary alicyclic amines) is 1. The number of nitrogens with one attached hydrogen (secondary N) is 3. The number of piperidine rings is 1. The monoisotopic (exact) mass is 850 g/mol. The number of hydrogen-bond donors (Lipinski definition) is 5. The number of hydrogen-bond acceptors (Lipinski definition) is 9. The number of carbonyl (C=O) groups excluding carboxylic acids is 3. The van der Waals surface area contributed by atoms with Crippen LogP contribution in [-0.2, 0) is 37.0 Å². The molecule has 5 aromatic rings. The van der Waals surface area contributed by atoms with Crippen molar-refractivity contribution in [3.8, 4) is 11.1 Å². The number of ether oxygens (including phenoxy) is 2. The molecular formula is C51H58N6O6. The van der Waals surface area contributed by atoms with Gasteiger partial charge in [0.25, 0.3) is 0 Å². The molecule has 0 unspecified atom stereocenters. The molecule has 3 atom stereocenters. The highest BCUT2D eigenvalue weighted by Crippen LogP contribution is 2.41. The fraction of sp³-hybridized carbons (Fsp3) is 0.353. The van der Waals surface area contributed by atoms with Gasteiger partial charge in [-0.3, -0.25) is 14.4 Å². The second-order valence-corrected chi connectivity index (χ2v) is 16.9. The molecule has 3 amide bonds. The number of nitrogens with zero attached hydrogens (tertiary/aromatic N) is 2. The SMILES string of the molecule is Nc1ccccc1NC(=O)CCCCCC(=O)NCc1ccccc1-c1ccc([C@H]2O[C@@H](CN3CCC4(CC3)C(=O)NCN4c3ccccc3)C[C@@H](c3ccc(CO)cc3)O2)cc1. The number of rotatable bonds is 16. The van der Waals surface area contributed by atoms with E-state index >= 15 is 0 Å². The number of carbonyl (C=O) groups is 3. The third-order valence-corrected chi connectivity index (χ3v) is 12.7. The van der Waals surface area contributed by atoms with Crippen LogP contribution in [0.3, 0.4) is 0 Å². The van der Waals surface area contributed by atoms with Gasteiger partial charge in [-0.1, -0.05) is 110 Å². The zero-order chi connectivity index (χ0) is 43.6. The van der Waals surface area contributed by atoms with E-state index in [2.05, 4.69) is 68.2 Å². The van der Waals surface area contributed by atoms with Crippen LogP contribution in [0.15, 0.2) is 127 Å². The summed E-state index contributed by atoms with van der Waals surface area (Å²) < 4.78 is 13.4. The highest BCUT2D eigenvalue weighted by atomic mass is 16.7. The van der Waals surface area contributed by atoms with Gasteiger partial charge in [0.1, 0.15) is 5.54 Å². The van der Waals surface area contributed by atoms with E-state index in [1.807, 2.05) is 72.8 Å². The zero-order valence-corrected chi connectivity index (χ0v) is 35.7. The lowest BCUT2D eigenvalue weighted by molar-refractivity contribution is -0.253. The number of aliphatic hydroxyl groups is 1. The van der Waals surface area contributed by atoms with E-state index in [9.17, 15) is 19.5 Å². The van der Waals surface area contributed by atoms with Gasteiger partial charge in [0.2, 0.25) is 17.7 Å². The van der Waals surface area contributed by atoms with Crippen molar-refractivity contribution in [2.45, 2.75) is 88.6 Å². The third-order valence-electron chi connectivity index (χ3n) is 12.7. The number of anilines is 3. The Bertz CT molecular complexity index is 2320. The number of unbranched alkanes of at least 4 members (excludes halogenated alkanes) is 2. The molecule has 328 valence electrons. The Morgan fingerprint density at radius 2 is 1.46 bits per heavy atom. The van der Waals surface area contributed by atoms with E-state index < -0.39 is 11.8 Å². The minimum Gasteiger partial charge on any atom is -0.397 e. The standard InChI is InChI=1S/C51H58N6O6/c52-44-15-9-10-16-45(44)55-48(60)18-6-2-5-17-47(59)53-32-40-11-7-8-14-43(40)37-23-25-39(26-24-37)49-62-42(31-46(63-49)38-21-19-36(34-58)20-22-38)33-56-29-27-51(28-30-56)50(61)54-35-57(51)41-12-3-1-4-13-41/h1,3-4,7-16,19-26,42,46,49,58H,2,5-6,17-18,27-35,52H2,(H,53,59)(H,54,61)(H,55,60)/t42-,46+,49+/m1/s1. The lowest BCUT2D eigenvalue weighted by Gasteiger charge is -2.45. The van der Waals surface area contributed by atoms with Crippen molar-refractivity contribution < 1.29 is 29.0 Å². The maximum Gasteiger partial charge on any atom is 0.247 e. The second-order valence-electron chi connectivity index (χ2n) is 16.9. The molecule has 3 heterocycles. The molecule has 3 aliphatic rings. The Morgan fingerprint density at radius 1 is 0.778 bits per heavy atom. The minimum atomic E-state index is -0.600. The summed E-state index contributed by atoms with van der Waals surface area (Å²) in [6, 6.07) is 41.7. The van der Waals surface area contributed by atoms with Crippen LogP contribution >= 0.6 is 0 Å². The summed E-state index contributed by atoms with van der Waals surface area (Å²) in [6.07, 6.45) is 4.12. The molecule has 63 heavy (non-hydrogen) atoms. The van der Waals surface area contributed by atoms with Crippen molar-refractivity contribution >= 4 is 34.8 Å². The Kier molecular flexibility index (Phi) is 14.1. The molecule has 0 aromatic heterocycles. The smallest absolute Gasteiger partial charge is 0.247 e. The minimum absolute atomic E-state index is 0.0201. The van der Waals surface area contributed by atoms with Gasteiger partial charge in [0.05, 0.1) is 36.9 Å². The molecule has 3 aliphatic heterocycles. The molecule has 3 fully saturated rings. The summed E-state index contributed by atoms with van der Waals surface area (Å²) in [5.74, 6) is -0.00175. The summed E-state index contributed by atoms with van der Waals surface area (Å²) >= 11 is 0. The average Bonchev–Trinajstić information content (AvgIpc) is 3.64. The number of nitrogen functional groups attached to an aromatic ring is 1. The average molecular weight is 851 g/mol. The van der Waals surface area contributed by atoms with Gasteiger partial charge in [-0.05, 0) is 77.8 Å². The molecule has 1 spiro atoms. The lowest BCUT2D eigenvalue weighted by Crippen LogP contribution is -2.57. The lowest BCUT2D eigenvalue weighted by atomic mass is 9.85. The molecule has 12 heteroatoms. The van der Waals surface area contributed by atoms with Crippen LogP contribution in [0.5, 0.6) is 0 Å². The van der Waals surface area contributed by atoms with Crippen molar-refractivity contribution in [2.75, 3.05) is 42.3 Å². The van der Waals surface area contributed by atoms with E-state index in [1.54, 1.807) is 12.1 Å². The van der Waals surface area contributed by atoms with Crippen molar-refractivity contribution in [3.63, 3.8) is 0 Å². The summed E-state index contributed by atoms with van der Waals surface area (Å²) in [4.78, 5) is 43.2. The quantitative estimate of drug-likeness (QED) is 0.0498.